The van der Waals surface area contributed by atoms with Gasteiger partial charge in [-0.1, -0.05) is 13.8 Å². The summed E-state index contributed by atoms with van der Waals surface area (Å²) >= 11 is 0. The second-order valence-corrected chi connectivity index (χ2v) is 6.92. The molecule has 7 heteroatoms. The molecule has 130 valence electrons. The Bertz CT molecular complexity index is 727. The Morgan fingerprint density at radius 1 is 1.21 bits per heavy atom. The molecule has 7 nitrogen and oxygen atoms in total. The van der Waals surface area contributed by atoms with Crippen molar-refractivity contribution in [2.24, 2.45) is 13.0 Å². The van der Waals surface area contributed by atoms with Gasteiger partial charge in [0.1, 0.15) is 0 Å². The van der Waals surface area contributed by atoms with Crippen molar-refractivity contribution in [2.45, 2.75) is 26.8 Å². The summed E-state index contributed by atoms with van der Waals surface area (Å²) in [6.07, 6.45) is 2.78. The van der Waals surface area contributed by atoms with Crippen LogP contribution in [0.1, 0.15) is 25.2 Å². The van der Waals surface area contributed by atoms with Crippen molar-refractivity contribution in [1.82, 2.24) is 24.9 Å². The molecule has 3 rings (SSSR count). The van der Waals surface area contributed by atoms with E-state index < -0.39 is 0 Å². The molecule has 2 aromatic heterocycles. The molecule has 0 radical (unpaired) electrons. The second-order valence-electron chi connectivity index (χ2n) is 6.92. The molecule has 0 spiro atoms. The molecular weight excluding hydrogens is 304 g/mol. The summed E-state index contributed by atoms with van der Waals surface area (Å²) < 4.78 is 1.35. The van der Waals surface area contributed by atoms with E-state index in [-0.39, 0.29) is 5.56 Å². The number of rotatable bonds is 5. The van der Waals surface area contributed by atoms with E-state index in [1.54, 1.807) is 19.3 Å². The zero-order valence-electron chi connectivity index (χ0n) is 14.7. The predicted octanol–water partition coefficient (Wildman–Crippen LogP) is 1.02. The molecule has 1 aliphatic rings. The minimum atomic E-state index is -0.0647. The Hall–Kier alpha value is -2.15. The number of H-pyrrole nitrogens is 1. The molecular formula is C17H26N6O. The van der Waals surface area contributed by atoms with Crippen LogP contribution in [0.2, 0.25) is 0 Å². The van der Waals surface area contributed by atoms with Gasteiger partial charge in [0.15, 0.2) is 0 Å². The first-order valence-corrected chi connectivity index (χ1v) is 8.55. The molecule has 0 atom stereocenters. The topological polar surface area (TPSA) is 70.1 Å². The highest BCUT2D eigenvalue weighted by Gasteiger charge is 2.18. The smallest absolute Gasteiger partial charge is 0.268 e. The van der Waals surface area contributed by atoms with Crippen molar-refractivity contribution < 1.29 is 0 Å². The third kappa shape index (κ3) is 4.03. The highest BCUT2D eigenvalue weighted by atomic mass is 16.1. The van der Waals surface area contributed by atoms with E-state index in [4.69, 9.17) is 0 Å². The van der Waals surface area contributed by atoms with E-state index in [0.717, 1.165) is 50.5 Å². The number of hydrogen-bond acceptors (Lipinski definition) is 5. The number of nitrogens with one attached hydrogen (secondary N) is 1. The van der Waals surface area contributed by atoms with Gasteiger partial charge in [-0.15, -0.1) is 0 Å². The first-order chi connectivity index (χ1) is 11.5. The summed E-state index contributed by atoms with van der Waals surface area (Å²) in [6, 6.07) is 3.84. The number of piperazine rings is 1. The van der Waals surface area contributed by atoms with Gasteiger partial charge in [0.05, 0.1) is 17.6 Å². The molecule has 1 fully saturated rings. The van der Waals surface area contributed by atoms with E-state index in [1.165, 1.54) is 10.4 Å². The van der Waals surface area contributed by atoms with Crippen LogP contribution in [0.25, 0.3) is 0 Å². The fourth-order valence-corrected chi connectivity index (χ4v) is 3.05. The molecule has 3 heterocycles. The van der Waals surface area contributed by atoms with Gasteiger partial charge in [0, 0.05) is 51.5 Å². The lowest BCUT2D eigenvalue weighted by Crippen LogP contribution is -2.46. The number of hydrogen-bond donors (Lipinski definition) is 1. The zero-order chi connectivity index (χ0) is 17.1. The van der Waals surface area contributed by atoms with Gasteiger partial charge < -0.3 is 4.90 Å². The van der Waals surface area contributed by atoms with Gasteiger partial charge in [-0.25, -0.2) is 4.68 Å². The molecule has 24 heavy (non-hydrogen) atoms. The standard InChI is InChI=1S/C17H26N6O/c1-13(2)8-14-9-15(20-19-14)12-22-4-6-23(7-5-22)16-10-17(24)21(3)18-11-16/h9-11,13H,4-8,12H2,1-3H3,(H,19,20). The summed E-state index contributed by atoms with van der Waals surface area (Å²) in [5, 5.41) is 11.7. The summed E-state index contributed by atoms with van der Waals surface area (Å²) in [6.45, 7) is 9.05. The van der Waals surface area contributed by atoms with Crippen molar-refractivity contribution >= 4 is 5.69 Å². The van der Waals surface area contributed by atoms with Crippen molar-refractivity contribution in [3.8, 4) is 0 Å². The Balaban J connectivity index is 1.54. The van der Waals surface area contributed by atoms with Crippen LogP contribution in [0.4, 0.5) is 5.69 Å². The summed E-state index contributed by atoms with van der Waals surface area (Å²) in [5.74, 6) is 0.622. The van der Waals surface area contributed by atoms with E-state index >= 15 is 0 Å². The molecule has 0 unspecified atom stereocenters. The monoisotopic (exact) mass is 330 g/mol. The largest absolute Gasteiger partial charge is 0.368 e. The van der Waals surface area contributed by atoms with Gasteiger partial charge in [-0.2, -0.15) is 10.2 Å². The van der Waals surface area contributed by atoms with E-state index in [2.05, 4.69) is 45.0 Å². The van der Waals surface area contributed by atoms with Crippen molar-refractivity contribution in [2.75, 3.05) is 31.1 Å². The molecule has 0 amide bonds. The number of anilines is 1. The molecule has 0 saturated carbocycles. The number of nitrogens with zero attached hydrogens (tertiary/aromatic N) is 5. The predicted molar refractivity (Wildman–Crippen MR) is 94.1 cm³/mol. The van der Waals surface area contributed by atoms with Gasteiger partial charge in [-0.3, -0.25) is 14.8 Å². The quantitative estimate of drug-likeness (QED) is 0.886. The average Bonchev–Trinajstić information content (AvgIpc) is 2.97. The second kappa shape index (κ2) is 7.17. The lowest BCUT2D eigenvalue weighted by Gasteiger charge is -2.35. The van der Waals surface area contributed by atoms with Crippen molar-refractivity contribution in [3.05, 3.63) is 40.1 Å². The number of aromatic nitrogens is 4. The number of aryl methyl sites for hydroxylation is 1. The Labute approximate surface area is 142 Å². The highest BCUT2D eigenvalue weighted by molar-refractivity contribution is 5.43. The minimum absolute atomic E-state index is 0.0647. The van der Waals surface area contributed by atoms with Crippen molar-refractivity contribution in [1.29, 1.82) is 0 Å². The molecule has 1 saturated heterocycles. The Kier molecular flexibility index (Phi) is 4.99. The third-order valence-corrected chi connectivity index (χ3v) is 4.39. The van der Waals surface area contributed by atoms with Crippen LogP contribution in [0.3, 0.4) is 0 Å². The SMILES string of the molecule is CC(C)Cc1cc(CN2CCN(c3cnn(C)c(=O)c3)CC2)[nH]n1. The lowest BCUT2D eigenvalue weighted by molar-refractivity contribution is 0.247. The van der Waals surface area contributed by atoms with Crippen LogP contribution in [0.5, 0.6) is 0 Å². The third-order valence-electron chi connectivity index (χ3n) is 4.39. The van der Waals surface area contributed by atoms with Crippen LogP contribution >= 0.6 is 0 Å². The van der Waals surface area contributed by atoms with E-state index in [0.29, 0.717) is 5.92 Å². The molecule has 1 N–H and O–H groups in total. The Morgan fingerprint density at radius 3 is 2.62 bits per heavy atom. The fraction of sp³-hybridized carbons (Fsp3) is 0.588. The molecule has 1 aliphatic heterocycles. The first-order valence-electron chi connectivity index (χ1n) is 8.55. The maximum absolute atomic E-state index is 11.7. The number of aromatic amines is 1. The van der Waals surface area contributed by atoms with E-state index in [9.17, 15) is 4.79 Å². The normalized spacial score (nSPS) is 16.1. The van der Waals surface area contributed by atoms with Gasteiger partial charge in [-0.05, 0) is 18.4 Å². The van der Waals surface area contributed by atoms with E-state index in [1.807, 2.05) is 0 Å². The van der Waals surface area contributed by atoms with Crippen LogP contribution in [-0.2, 0) is 20.0 Å². The maximum atomic E-state index is 11.7. The molecule has 0 bridgehead atoms. The molecule has 0 aromatic carbocycles. The van der Waals surface area contributed by atoms with Gasteiger partial charge in [0.25, 0.3) is 5.56 Å². The zero-order valence-corrected chi connectivity index (χ0v) is 14.7. The van der Waals surface area contributed by atoms with Crippen LogP contribution in [-0.4, -0.2) is 51.1 Å². The molecule has 0 aliphatic carbocycles. The lowest BCUT2D eigenvalue weighted by atomic mass is 10.1. The van der Waals surface area contributed by atoms with Crippen molar-refractivity contribution in [3.63, 3.8) is 0 Å². The molecule has 2 aromatic rings. The maximum Gasteiger partial charge on any atom is 0.268 e. The van der Waals surface area contributed by atoms with Gasteiger partial charge in [0.2, 0.25) is 0 Å². The summed E-state index contributed by atoms with van der Waals surface area (Å²) in [5.41, 5.74) is 3.17. The minimum Gasteiger partial charge on any atom is -0.368 e. The van der Waals surface area contributed by atoms with Gasteiger partial charge >= 0.3 is 0 Å². The Morgan fingerprint density at radius 2 is 1.96 bits per heavy atom. The summed E-state index contributed by atoms with van der Waals surface area (Å²) in [4.78, 5) is 16.4. The van der Waals surface area contributed by atoms with Crippen LogP contribution in [0, 0.1) is 5.92 Å². The summed E-state index contributed by atoms with van der Waals surface area (Å²) in [7, 11) is 1.67. The fourth-order valence-electron chi connectivity index (χ4n) is 3.05. The average molecular weight is 330 g/mol. The van der Waals surface area contributed by atoms with Crippen LogP contribution < -0.4 is 10.5 Å². The first kappa shape index (κ1) is 16.7. The highest BCUT2D eigenvalue weighted by Crippen LogP contribution is 2.15. The van der Waals surface area contributed by atoms with Crippen LogP contribution in [0.15, 0.2) is 23.1 Å².